The Morgan fingerprint density at radius 1 is 1.25 bits per heavy atom. The molecular formula is C12H10O4. The van der Waals surface area contributed by atoms with E-state index in [-0.39, 0.29) is 5.56 Å². The predicted octanol–water partition coefficient (Wildman–Crippen LogP) is 2.08. The molecule has 0 aliphatic heterocycles. The highest BCUT2D eigenvalue weighted by Gasteiger charge is 2.00. The van der Waals surface area contributed by atoms with Gasteiger partial charge in [-0.1, -0.05) is 18.7 Å². The Balaban J connectivity index is 2.72. The lowest BCUT2D eigenvalue weighted by Crippen LogP contribution is -1.95. The molecule has 0 heterocycles. The van der Waals surface area contributed by atoms with Crippen molar-refractivity contribution in [2.24, 2.45) is 0 Å². The van der Waals surface area contributed by atoms with Crippen molar-refractivity contribution in [2.75, 3.05) is 0 Å². The molecule has 1 aromatic carbocycles. The van der Waals surface area contributed by atoms with Gasteiger partial charge in [-0.05, 0) is 23.8 Å². The number of carbonyl (C=O) groups excluding carboxylic acids is 1. The van der Waals surface area contributed by atoms with E-state index < -0.39 is 11.9 Å². The quantitative estimate of drug-likeness (QED) is 0.477. The number of carboxylic acid groups (broad SMARTS) is 1. The monoisotopic (exact) mass is 218 g/mol. The molecule has 0 saturated heterocycles. The van der Waals surface area contributed by atoms with Crippen molar-refractivity contribution in [2.45, 2.75) is 0 Å². The Labute approximate surface area is 92.5 Å². The Kier molecular flexibility index (Phi) is 4.03. The largest absolute Gasteiger partial charge is 0.478 e. The average molecular weight is 218 g/mol. The summed E-state index contributed by atoms with van der Waals surface area (Å²) in [5.41, 5.74) is 0.914. The first-order valence-electron chi connectivity index (χ1n) is 4.46. The van der Waals surface area contributed by atoms with E-state index >= 15 is 0 Å². The van der Waals surface area contributed by atoms with Crippen LogP contribution >= 0.6 is 0 Å². The fourth-order valence-electron chi connectivity index (χ4n) is 1.02. The summed E-state index contributed by atoms with van der Waals surface area (Å²) in [4.78, 5) is 21.5. The molecule has 1 rings (SSSR count). The van der Waals surface area contributed by atoms with E-state index in [1.54, 1.807) is 12.1 Å². The fraction of sp³-hybridized carbons (Fsp3) is 0. The van der Waals surface area contributed by atoms with Crippen LogP contribution in [0.15, 0.2) is 43.2 Å². The lowest BCUT2D eigenvalue weighted by molar-refractivity contribution is -0.132. The third-order valence-corrected chi connectivity index (χ3v) is 1.77. The Bertz CT molecular complexity index is 429. The van der Waals surface area contributed by atoms with Gasteiger partial charge in [-0.2, -0.15) is 0 Å². The lowest BCUT2D eigenvalue weighted by atomic mass is 10.1. The van der Waals surface area contributed by atoms with Crippen LogP contribution in [-0.4, -0.2) is 17.0 Å². The number of hydrogen-bond acceptors (Lipinski definition) is 3. The van der Waals surface area contributed by atoms with Crippen molar-refractivity contribution in [3.63, 3.8) is 0 Å². The van der Waals surface area contributed by atoms with Crippen molar-refractivity contribution < 1.29 is 19.4 Å². The SMILES string of the molecule is C=COC(=O)C=Cc1ccc(C(=O)O)cc1. The van der Waals surface area contributed by atoms with Gasteiger partial charge in [-0.15, -0.1) is 0 Å². The first-order chi connectivity index (χ1) is 7.63. The maximum Gasteiger partial charge on any atom is 0.335 e. The smallest absolute Gasteiger partial charge is 0.335 e. The van der Waals surface area contributed by atoms with E-state index in [1.807, 2.05) is 0 Å². The minimum Gasteiger partial charge on any atom is -0.478 e. The van der Waals surface area contributed by atoms with Crippen molar-refractivity contribution in [1.82, 2.24) is 0 Å². The summed E-state index contributed by atoms with van der Waals surface area (Å²) in [5, 5.41) is 8.66. The van der Waals surface area contributed by atoms with E-state index in [2.05, 4.69) is 11.3 Å². The van der Waals surface area contributed by atoms with Gasteiger partial charge in [-0.25, -0.2) is 9.59 Å². The van der Waals surface area contributed by atoms with Crippen LogP contribution in [0.5, 0.6) is 0 Å². The molecule has 0 atom stereocenters. The molecule has 0 radical (unpaired) electrons. The normalized spacial score (nSPS) is 10.0. The van der Waals surface area contributed by atoms with Crippen molar-refractivity contribution >= 4 is 18.0 Å². The molecule has 4 nitrogen and oxygen atoms in total. The second-order valence-corrected chi connectivity index (χ2v) is 2.86. The predicted molar refractivity (Wildman–Crippen MR) is 58.7 cm³/mol. The van der Waals surface area contributed by atoms with E-state index in [1.165, 1.54) is 24.3 Å². The van der Waals surface area contributed by atoms with Crippen molar-refractivity contribution in [1.29, 1.82) is 0 Å². The molecule has 0 spiro atoms. The number of rotatable bonds is 4. The zero-order valence-corrected chi connectivity index (χ0v) is 8.42. The van der Waals surface area contributed by atoms with Crippen molar-refractivity contribution in [3.05, 3.63) is 54.3 Å². The summed E-state index contributed by atoms with van der Waals surface area (Å²) in [6.07, 6.45) is 3.80. The van der Waals surface area contributed by atoms with Gasteiger partial charge >= 0.3 is 11.9 Å². The topological polar surface area (TPSA) is 63.6 Å². The molecule has 0 unspecified atom stereocenters. The summed E-state index contributed by atoms with van der Waals surface area (Å²) < 4.78 is 4.47. The molecule has 0 aliphatic rings. The van der Waals surface area contributed by atoms with E-state index in [0.29, 0.717) is 5.56 Å². The van der Waals surface area contributed by atoms with Crippen LogP contribution in [0.25, 0.3) is 6.08 Å². The maximum absolute atomic E-state index is 10.9. The van der Waals surface area contributed by atoms with Gasteiger partial charge in [0.05, 0.1) is 11.8 Å². The summed E-state index contributed by atoms with van der Waals surface area (Å²) in [7, 11) is 0. The zero-order chi connectivity index (χ0) is 12.0. The highest BCUT2D eigenvalue weighted by Crippen LogP contribution is 2.06. The molecule has 1 aromatic rings. The molecule has 0 aliphatic carbocycles. The summed E-state index contributed by atoms with van der Waals surface area (Å²) in [5.74, 6) is -1.51. The first kappa shape index (κ1) is 11.7. The standard InChI is InChI=1S/C12H10O4/c1-2-16-11(13)8-5-9-3-6-10(7-4-9)12(14)15/h2-8H,1H2,(H,14,15). The highest BCUT2D eigenvalue weighted by molar-refractivity contribution is 5.89. The summed E-state index contributed by atoms with van der Waals surface area (Å²) in [6, 6.07) is 6.12. The highest BCUT2D eigenvalue weighted by atomic mass is 16.5. The Morgan fingerprint density at radius 2 is 1.88 bits per heavy atom. The third kappa shape index (κ3) is 3.42. The Morgan fingerprint density at radius 3 is 2.38 bits per heavy atom. The second kappa shape index (κ2) is 5.50. The number of carboxylic acids is 1. The molecule has 16 heavy (non-hydrogen) atoms. The maximum atomic E-state index is 10.9. The Hall–Kier alpha value is -2.36. The molecule has 0 bridgehead atoms. The van der Waals surface area contributed by atoms with Crippen LogP contribution < -0.4 is 0 Å². The molecule has 0 amide bonds. The van der Waals surface area contributed by atoms with Crippen LogP contribution in [0.1, 0.15) is 15.9 Å². The number of hydrogen-bond donors (Lipinski definition) is 1. The molecule has 0 fully saturated rings. The number of esters is 1. The molecule has 4 heteroatoms. The number of aromatic carboxylic acids is 1. The lowest BCUT2D eigenvalue weighted by Gasteiger charge is -1.95. The second-order valence-electron chi connectivity index (χ2n) is 2.86. The summed E-state index contributed by atoms with van der Waals surface area (Å²) >= 11 is 0. The molecular weight excluding hydrogens is 208 g/mol. The van der Waals surface area contributed by atoms with Crippen LogP contribution in [-0.2, 0) is 9.53 Å². The average Bonchev–Trinajstić information content (AvgIpc) is 2.27. The van der Waals surface area contributed by atoms with Crippen LogP contribution in [0, 0.1) is 0 Å². The third-order valence-electron chi connectivity index (χ3n) is 1.77. The van der Waals surface area contributed by atoms with Gasteiger partial charge in [0.2, 0.25) is 0 Å². The van der Waals surface area contributed by atoms with Crippen LogP contribution in [0.3, 0.4) is 0 Å². The van der Waals surface area contributed by atoms with Gasteiger partial charge in [0, 0.05) is 6.08 Å². The van der Waals surface area contributed by atoms with E-state index in [9.17, 15) is 9.59 Å². The van der Waals surface area contributed by atoms with Gasteiger partial charge in [-0.3, -0.25) is 0 Å². The van der Waals surface area contributed by atoms with Crippen LogP contribution in [0.4, 0.5) is 0 Å². The van der Waals surface area contributed by atoms with E-state index in [0.717, 1.165) is 6.26 Å². The molecule has 82 valence electrons. The minimum absolute atomic E-state index is 0.200. The number of benzene rings is 1. The first-order valence-corrected chi connectivity index (χ1v) is 4.46. The van der Waals surface area contributed by atoms with Gasteiger partial charge in [0.15, 0.2) is 0 Å². The van der Waals surface area contributed by atoms with Crippen molar-refractivity contribution in [3.8, 4) is 0 Å². The zero-order valence-electron chi connectivity index (χ0n) is 8.42. The van der Waals surface area contributed by atoms with E-state index in [4.69, 9.17) is 5.11 Å². The summed E-state index contributed by atoms with van der Waals surface area (Å²) in [6.45, 7) is 3.24. The molecule has 0 saturated carbocycles. The molecule has 1 N–H and O–H groups in total. The van der Waals surface area contributed by atoms with Gasteiger partial charge < -0.3 is 9.84 Å². The fourth-order valence-corrected chi connectivity index (χ4v) is 1.02. The van der Waals surface area contributed by atoms with Crippen LogP contribution in [0.2, 0.25) is 0 Å². The van der Waals surface area contributed by atoms with Gasteiger partial charge in [0.25, 0.3) is 0 Å². The number of carbonyl (C=O) groups is 2. The molecule has 0 aromatic heterocycles. The minimum atomic E-state index is -0.985. The van der Waals surface area contributed by atoms with Gasteiger partial charge in [0.1, 0.15) is 0 Å². The number of ether oxygens (including phenoxy) is 1.